The number of rotatable bonds is 4. The molecular formula is C14H11N3O9S2. The molecule has 1 aromatic heterocycles. The van der Waals surface area contributed by atoms with E-state index < -0.39 is 47.2 Å². The number of H-pyrrole nitrogens is 1. The molecule has 3 rings (SSSR count). The van der Waals surface area contributed by atoms with Crippen molar-refractivity contribution in [3.63, 3.8) is 0 Å². The summed E-state index contributed by atoms with van der Waals surface area (Å²) >= 11 is 0. The average molecular weight is 429 g/mol. The fourth-order valence-electron chi connectivity index (χ4n) is 2.66. The van der Waals surface area contributed by atoms with Crippen LogP contribution in [0.3, 0.4) is 0 Å². The third kappa shape index (κ3) is 3.36. The Hall–Kier alpha value is -3.20. The largest absolute Gasteiger partial charge is 0.477 e. The number of carboxylic acids is 1. The molecule has 0 amide bonds. The summed E-state index contributed by atoms with van der Waals surface area (Å²) in [6.45, 7) is 0. The number of fused-ring (bicyclic) bond motifs is 1. The van der Waals surface area contributed by atoms with Gasteiger partial charge in [0.2, 0.25) is 0 Å². The first-order valence-electron chi connectivity index (χ1n) is 7.17. The van der Waals surface area contributed by atoms with Crippen LogP contribution in [0.4, 0.5) is 5.69 Å². The fraction of sp³-hybridized carbons (Fsp3) is 0. The smallest absolute Gasteiger partial charge is 0.353 e. The lowest BCUT2D eigenvalue weighted by atomic mass is 10.1. The number of nitrogens with zero attached hydrogens (tertiary/aromatic N) is 1. The zero-order chi connectivity index (χ0) is 21.0. The summed E-state index contributed by atoms with van der Waals surface area (Å²) in [5, 5.41) is 10.5. The van der Waals surface area contributed by atoms with E-state index in [1.54, 1.807) is 0 Å². The van der Waals surface area contributed by atoms with Crippen molar-refractivity contribution >= 4 is 42.7 Å². The number of nitrogens with one attached hydrogen (secondary N) is 1. The van der Waals surface area contributed by atoms with E-state index in [2.05, 4.69) is 5.10 Å². The molecule has 28 heavy (non-hydrogen) atoms. The van der Waals surface area contributed by atoms with Gasteiger partial charge in [0.15, 0.2) is 0 Å². The first-order valence-corrected chi connectivity index (χ1v) is 10.0. The van der Waals surface area contributed by atoms with Gasteiger partial charge in [0.25, 0.3) is 25.8 Å². The highest BCUT2D eigenvalue weighted by Gasteiger charge is 2.23. The Morgan fingerprint density at radius 1 is 0.929 bits per heavy atom. The Balaban J connectivity index is 2.53. The molecule has 6 N–H and O–H groups in total. The molecular weight excluding hydrogens is 418 g/mol. The third-order valence-electron chi connectivity index (χ3n) is 3.77. The van der Waals surface area contributed by atoms with Crippen LogP contribution in [0.1, 0.15) is 10.5 Å². The zero-order valence-corrected chi connectivity index (χ0v) is 15.2. The second-order valence-electron chi connectivity index (χ2n) is 5.66. The highest BCUT2D eigenvalue weighted by atomic mass is 32.2. The molecule has 12 nitrogen and oxygen atoms in total. The van der Waals surface area contributed by atoms with Gasteiger partial charge in [-0.1, -0.05) is 0 Å². The number of nitrogen functional groups attached to an aromatic ring is 1. The Kier molecular flexibility index (Phi) is 4.31. The SMILES string of the molecule is Nc1cc(S(=O)(=O)O)c2cc(-n3[nH]c(C(=O)O)cc3=O)cc(S(=O)(=O)O)c2c1. The standard InChI is InChI=1S/C14H11N3O9S2/c15-6-1-8-9(11(2-6)27(21,22)23)3-7(4-12(8)28(24,25)26)17-13(18)5-10(16-17)14(19)20/h1-5,16H,15H2,(H,19,20)(H,21,22,23)(H,24,25,26). The Bertz CT molecular complexity index is 1420. The molecule has 148 valence electrons. The predicted molar refractivity (Wildman–Crippen MR) is 94.9 cm³/mol. The molecule has 0 aliphatic carbocycles. The van der Waals surface area contributed by atoms with Crippen molar-refractivity contribution in [2.24, 2.45) is 0 Å². The van der Waals surface area contributed by atoms with E-state index in [0.29, 0.717) is 10.7 Å². The van der Waals surface area contributed by atoms with Gasteiger partial charge in [0.1, 0.15) is 15.5 Å². The first-order chi connectivity index (χ1) is 12.8. The van der Waals surface area contributed by atoms with Gasteiger partial charge in [-0.15, -0.1) is 0 Å². The second kappa shape index (κ2) is 6.16. The molecule has 0 atom stereocenters. The van der Waals surface area contributed by atoms with Crippen molar-refractivity contribution in [3.05, 3.63) is 46.4 Å². The third-order valence-corrected chi connectivity index (χ3v) is 5.55. The molecule has 0 radical (unpaired) electrons. The van der Waals surface area contributed by atoms with E-state index >= 15 is 0 Å². The summed E-state index contributed by atoms with van der Waals surface area (Å²) in [7, 11) is -9.82. The van der Waals surface area contributed by atoms with Gasteiger partial charge in [0, 0.05) is 22.5 Å². The van der Waals surface area contributed by atoms with Crippen LogP contribution in [0.15, 0.2) is 44.9 Å². The van der Waals surface area contributed by atoms with Crippen molar-refractivity contribution < 1.29 is 35.8 Å². The lowest BCUT2D eigenvalue weighted by Crippen LogP contribution is -2.15. The van der Waals surface area contributed by atoms with Crippen LogP contribution in [0.5, 0.6) is 0 Å². The number of hydrogen-bond acceptors (Lipinski definition) is 7. The van der Waals surface area contributed by atoms with E-state index in [4.69, 9.17) is 10.8 Å². The van der Waals surface area contributed by atoms with Gasteiger partial charge < -0.3 is 10.8 Å². The maximum Gasteiger partial charge on any atom is 0.353 e. The van der Waals surface area contributed by atoms with Crippen LogP contribution in [-0.4, -0.2) is 46.8 Å². The monoisotopic (exact) mass is 429 g/mol. The quantitative estimate of drug-likeness (QED) is 0.279. The summed E-state index contributed by atoms with van der Waals surface area (Å²) in [6, 6.07) is 4.45. The number of carbonyl (C=O) groups is 1. The number of aromatic nitrogens is 2. The lowest BCUT2D eigenvalue weighted by Gasteiger charge is -2.12. The van der Waals surface area contributed by atoms with Crippen LogP contribution >= 0.6 is 0 Å². The minimum absolute atomic E-state index is 0.219. The molecule has 0 saturated heterocycles. The number of hydrogen-bond donors (Lipinski definition) is 5. The van der Waals surface area contributed by atoms with Crippen molar-refractivity contribution in [2.75, 3.05) is 5.73 Å². The molecule has 3 aromatic rings. The van der Waals surface area contributed by atoms with Crippen LogP contribution in [-0.2, 0) is 20.2 Å². The van der Waals surface area contributed by atoms with Gasteiger partial charge >= 0.3 is 5.97 Å². The lowest BCUT2D eigenvalue weighted by molar-refractivity contribution is 0.0690. The van der Waals surface area contributed by atoms with Crippen LogP contribution in [0.2, 0.25) is 0 Å². The second-order valence-corrected chi connectivity index (χ2v) is 8.44. The van der Waals surface area contributed by atoms with Crippen LogP contribution in [0, 0.1) is 0 Å². The van der Waals surface area contributed by atoms with Crippen LogP contribution in [0.25, 0.3) is 16.5 Å². The Morgan fingerprint density at radius 2 is 1.46 bits per heavy atom. The maximum atomic E-state index is 12.0. The zero-order valence-electron chi connectivity index (χ0n) is 13.5. The van der Waals surface area contributed by atoms with Crippen molar-refractivity contribution in [1.29, 1.82) is 0 Å². The summed E-state index contributed by atoms with van der Waals surface area (Å²) in [5.74, 6) is -1.47. The summed E-state index contributed by atoms with van der Waals surface area (Å²) in [5.41, 5.74) is 3.61. The van der Waals surface area contributed by atoms with Crippen LogP contribution < -0.4 is 11.3 Å². The van der Waals surface area contributed by atoms with E-state index in [1.807, 2.05) is 0 Å². The maximum absolute atomic E-state index is 12.0. The Morgan fingerprint density at radius 3 is 1.96 bits per heavy atom. The van der Waals surface area contributed by atoms with Crippen molar-refractivity contribution in [1.82, 2.24) is 9.78 Å². The van der Waals surface area contributed by atoms with Crippen molar-refractivity contribution in [2.45, 2.75) is 9.79 Å². The van der Waals surface area contributed by atoms with Gasteiger partial charge in [-0.05, 0) is 24.3 Å². The van der Waals surface area contributed by atoms with Gasteiger partial charge in [-0.25, -0.2) is 9.48 Å². The molecule has 0 aliphatic heterocycles. The molecule has 14 heteroatoms. The molecule has 2 aromatic carbocycles. The van der Waals surface area contributed by atoms with E-state index in [-0.39, 0.29) is 22.1 Å². The molecule has 0 saturated carbocycles. The predicted octanol–water partition coefficient (Wildman–Crippen LogP) is 0.0926. The molecule has 1 heterocycles. The molecule has 0 spiro atoms. The molecule has 0 fully saturated rings. The number of aromatic amines is 1. The average Bonchev–Trinajstić information content (AvgIpc) is 2.93. The number of nitrogens with two attached hydrogens (primary N) is 1. The fourth-order valence-corrected chi connectivity index (χ4v) is 4.10. The Labute approximate surface area is 156 Å². The minimum atomic E-state index is -4.94. The van der Waals surface area contributed by atoms with E-state index in [9.17, 15) is 35.5 Å². The molecule has 0 unspecified atom stereocenters. The van der Waals surface area contributed by atoms with E-state index in [1.165, 1.54) is 0 Å². The number of carboxylic acid groups (broad SMARTS) is 1. The summed E-state index contributed by atoms with van der Waals surface area (Å²) in [4.78, 5) is 21.5. The van der Waals surface area contributed by atoms with Gasteiger partial charge in [-0.2, -0.15) is 16.8 Å². The highest BCUT2D eigenvalue weighted by Crippen LogP contribution is 2.33. The minimum Gasteiger partial charge on any atom is -0.477 e. The number of anilines is 1. The molecule has 0 aliphatic rings. The number of aromatic carboxylic acids is 1. The van der Waals surface area contributed by atoms with Gasteiger partial charge in [-0.3, -0.25) is 19.0 Å². The first kappa shape index (κ1) is 19.6. The summed E-state index contributed by atoms with van der Waals surface area (Å²) < 4.78 is 66.6. The molecule has 0 bridgehead atoms. The van der Waals surface area contributed by atoms with Gasteiger partial charge in [0.05, 0.1) is 5.69 Å². The topological polar surface area (TPSA) is 210 Å². The number of benzene rings is 2. The van der Waals surface area contributed by atoms with E-state index in [0.717, 1.165) is 24.3 Å². The van der Waals surface area contributed by atoms with Crippen molar-refractivity contribution in [3.8, 4) is 5.69 Å². The normalized spacial score (nSPS) is 12.4. The summed E-state index contributed by atoms with van der Waals surface area (Å²) in [6.07, 6.45) is 0. The highest BCUT2D eigenvalue weighted by molar-refractivity contribution is 7.86.